The lowest BCUT2D eigenvalue weighted by Crippen LogP contribution is -2.51. The molecule has 1 atom stereocenters. The van der Waals surface area contributed by atoms with Crippen LogP contribution in [0.1, 0.15) is 22.4 Å². The minimum Gasteiger partial charge on any atom is -0.465 e. The van der Waals surface area contributed by atoms with E-state index in [9.17, 15) is 14.4 Å². The number of rotatable bonds is 3. The van der Waals surface area contributed by atoms with E-state index in [1.54, 1.807) is 43.1 Å². The van der Waals surface area contributed by atoms with Gasteiger partial charge >= 0.3 is 5.97 Å². The first-order valence-corrected chi connectivity index (χ1v) is 10.7. The third-order valence-corrected chi connectivity index (χ3v) is 6.59. The van der Waals surface area contributed by atoms with Crippen molar-refractivity contribution in [2.75, 3.05) is 12.0 Å². The molecule has 172 valence electrons. The lowest BCUT2D eigenvalue weighted by molar-refractivity contribution is -0.138. The molecule has 2 N–H and O–H groups in total. The molecular weight excluding hydrogens is 434 g/mol. The van der Waals surface area contributed by atoms with Gasteiger partial charge in [0.1, 0.15) is 16.7 Å². The fourth-order valence-corrected chi connectivity index (χ4v) is 4.91. The molecule has 3 heterocycles. The third kappa shape index (κ3) is 2.75. The molecule has 0 unspecified atom stereocenters. The number of methoxy groups -OCH3 is 1. The first-order chi connectivity index (χ1) is 16.3. The average molecular weight is 457 g/mol. The molecule has 34 heavy (non-hydrogen) atoms. The van der Waals surface area contributed by atoms with Crippen LogP contribution in [0.3, 0.4) is 0 Å². The van der Waals surface area contributed by atoms with Crippen LogP contribution in [0.5, 0.6) is 5.75 Å². The second-order valence-corrected chi connectivity index (χ2v) is 8.37. The topological polar surface area (TPSA) is 104 Å². The van der Waals surface area contributed by atoms with Crippen LogP contribution in [0.2, 0.25) is 0 Å². The van der Waals surface area contributed by atoms with E-state index in [4.69, 9.17) is 15.2 Å². The zero-order chi connectivity index (χ0) is 24.2. The Morgan fingerprint density at radius 3 is 2.47 bits per heavy atom. The number of anilines is 1. The van der Waals surface area contributed by atoms with Gasteiger partial charge in [0.25, 0.3) is 5.56 Å². The van der Waals surface area contributed by atoms with Crippen LogP contribution in [-0.2, 0) is 33.3 Å². The molecule has 0 saturated carbocycles. The number of para-hydroxylation sites is 1. The summed E-state index contributed by atoms with van der Waals surface area (Å²) >= 11 is 0. The van der Waals surface area contributed by atoms with Crippen LogP contribution in [0.15, 0.2) is 76.9 Å². The Labute approximate surface area is 195 Å². The number of carbonyl (C=O) groups is 2. The van der Waals surface area contributed by atoms with Gasteiger partial charge in [0.15, 0.2) is 0 Å². The van der Waals surface area contributed by atoms with E-state index in [2.05, 4.69) is 0 Å². The number of aromatic nitrogens is 1. The van der Waals surface area contributed by atoms with Gasteiger partial charge in [-0.15, -0.1) is 0 Å². The maximum Gasteiger partial charge on any atom is 0.340 e. The number of esters is 1. The van der Waals surface area contributed by atoms with Crippen molar-refractivity contribution < 1.29 is 19.1 Å². The quantitative estimate of drug-likeness (QED) is 0.605. The zero-order valence-electron chi connectivity index (χ0n) is 19.0. The zero-order valence-corrected chi connectivity index (χ0v) is 19.0. The third-order valence-electron chi connectivity index (χ3n) is 6.59. The van der Waals surface area contributed by atoms with E-state index in [-0.39, 0.29) is 29.3 Å². The summed E-state index contributed by atoms with van der Waals surface area (Å²) in [5, 5.41) is 0. The standard InChI is InChI=1S/C26H23N3O5/c1-15-13-19-20(23(30)28(15)2)26(21(22(27)34-19)24(31)33-3)17-11-7-8-12-18(17)29(25(26)32)14-16-9-5-4-6-10-16/h4-13H,14,27H2,1-3H3/t26-/m0/s1. The number of carbonyl (C=O) groups excluding carboxylic acids is 2. The van der Waals surface area contributed by atoms with Gasteiger partial charge < -0.3 is 24.7 Å². The van der Waals surface area contributed by atoms with Crippen molar-refractivity contribution >= 4 is 17.6 Å². The summed E-state index contributed by atoms with van der Waals surface area (Å²) in [7, 11) is 2.81. The molecule has 1 amide bonds. The normalized spacial score (nSPS) is 18.6. The highest BCUT2D eigenvalue weighted by Gasteiger charge is 2.62. The summed E-state index contributed by atoms with van der Waals surface area (Å²) in [4.78, 5) is 42.8. The monoisotopic (exact) mass is 457 g/mol. The van der Waals surface area contributed by atoms with E-state index in [1.807, 2.05) is 36.4 Å². The van der Waals surface area contributed by atoms with Crippen LogP contribution in [0.4, 0.5) is 5.69 Å². The number of aryl methyl sites for hydroxylation is 1. The molecule has 0 saturated heterocycles. The van der Waals surface area contributed by atoms with Gasteiger partial charge in [-0.3, -0.25) is 9.59 Å². The summed E-state index contributed by atoms with van der Waals surface area (Å²) in [5.41, 5.74) is 6.42. The van der Waals surface area contributed by atoms with Crippen LogP contribution in [0.25, 0.3) is 0 Å². The number of ether oxygens (including phenoxy) is 2. The van der Waals surface area contributed by atoms with E-state index in [0.717, 1.165) is 5.56 Å². The van der Waals surface area contributed by atoms with Gasteiger partial charge in [0.2, 0.25) is 11.8 Å². The predicted molar refractivity (Wildman–Crippen MR) is 125 cm³/mol. The highest BCUT2D eigenvalue weighted by atomic mass is 16.5. The molecule has 0 aliphatic carbocycles. The molecule has 3 aromatic rings. The van der Waals surface area contributed by atoms with Crippen LogP contribution >= 0.6 is 0 Å². The molecular formula is C26H23N3O5. The number of amides is 1. The first-order valence-electron chi connectivity index (χ1n) is 10.7. The lowest BCUT2D eigenvalue weighted by Gasteiger charge is -2.35. The minimum absolute atomic E-state index is 0.0446. The van der Waals surface area contributed by atoms with Crippen molar-refractivity contribution in [1.29, 1.82) is 0 Å². The molecule has 2 aliphatic heterocycles. The summed E-state index contributed by atoms with van der Waals surface area (Å²) in [6.07, 6.45) is 0. The Morgan fingerprint density at radius 2 is 1.76 bits per heavy atom. The van der Waals surface area contributed by atoms with Crippen molar-refractivity contribution in [3.63, 3.8) is 0 Å². The molecule has 0 fully saturated rings. The number of hydrogen-bond donors (Lipinski definition) is 1. The molecule has 2 aliphatic rings. The Hall–Kier alpha value is -4.33. The maximum atomic E-state index is 14.5. The molecule has 0 bridgehead atoms. The Morgan fingerprint density at radius 1 is 1.09 bits per heavy atom. The largest absolute Gasteiger partial charge is 0.465 e. The summed E-state index contributed by atoms with van der Waals surface area (Å²) < 4.78 is 12.2. The van der Waals surface area contributed by atoms with Crippen molar-refractivity contribution in [1.82, 2.24) is 4.57 Å². The van der Waals surface area contributed by atoms with Crippen molar-refractivity contribution in [2.24, 2.45) is 12.8 Å². The molecule has 8 nitrogen and oxygen atoms in total. The molecule has 5 rings (SSSR count). The second-order valence-electron chi connectivity index (χ2n) is 8.37. The Balaban J connectivity index is 1.88. The van der Waals surface area contributed by atoms with Crippen LogP contribution in [0, 0.1) is 6.92 Å². The summed E-state index contributed by atoms with van der Waals surface area (Å²) in [6, 6.07) is 18.2. The highest BCUT2D eigenvalue weighted by Crippen LogP contribution is 2.54. The predicted octanol–water partition coefficient (Wildman–Crippen LogP) is 2.26. The second kappa shape index (κ2) is 7.62. The van der Waals surface area contributed by atoms with Crippen LogP contribution < -0.4 is 20.9 Å². The number of benzene rings is 2. The van der Waals surface area contributed by atoms with Crippen LogP contribution in [-0.4, -0.2) is 23.6 Å². The van der Waals surface area contributed by atoms with E-state index in [1.165, 1.54) is 11.7 Å². The van der Waals surface area contributed by atoms with Gasteiger partial charge in [-0.1, -0.05) is 48.5 Å². The SMILES string of the molecule is COC(=O)C1=C(N)Oc2cc(C)n(C)c(=O)c2[C@]12C(=O)N(Cc1ccccc1)c1ccccc12. The van der Waals surface area contributed by atoms with Gasteiger partial charge in [0.05, 0.1) is 19.2 Å². The van der Waals surface area contributed by atoms with Gasteiger partial charge in [0, 0.05) is 30.1 Å². The molecule has 1 aromatic heterocycles. The van der Waals surface area contributed by atoms with E-state index >= 15 is 0 Å². The van der Waals surface area contributed by atoms with E-state index in [0.29, 0.717) is 16.9 Å². The smallest absolute Gasteiger partial charge is 0.340 e. The molecule has 1 spiro atoms. The minimum atomic E-state index is -1.81. The highest BCUT2D eigenvalue weighted by molar-refractivity contribution is 6.18. The molecule has 2 aromatic carbocycles. The van der Waals surface area contributed by atoms with Gasteiger partial charge in [-0.05, 0) is 18.6 Å². The Kier molecular flexibility index (Phi) is 4.82. The molecule has 0 radical (unpaired) electrons. The number of nitrogens with two attached hydrogens (primary N) is 1. The fourth-order valence-electron chi connectivity index (χ4n) is 4.91. The lowest BCUT2D eigenvalue weighted by atomic mass is 9.68. The summed E-state index contributed by atoms with van der Waals surface area (Å²) in [6.45, 7) is 1.99. The number of hydrogen-bond acceptors (Lipinski definition) is 6. The number of fused-ring (bicyclic) bond motifs is 4. The van der Waals surface area contributed by atoms with Gasteiger partial charge in [-0.25, -0.2) is 4.79 Å². The number of nitrogens with zero attached hydrogens (tertiary/aromatic N) is 2. The summed E-state index contributed by atoms with van der Waals surface area (Å²) in [5.74, 6) is -1.42. The number of pyridine rings is 1. The van der Waals surface area contributed by atoms with Gasteiger partial charge in [-0.2, -0.15) is 0 Å². The van der Waals surface area contributed by atoms with Crippen molar-refractivity contribution in [2.45, 2.75) is 18.9 Å². The Bertz CT molecular complexity index is 1440. The van der Waals surface area contributed by atoms with Crippen molar-refractivity contribution in [3.05, 3.63) is 105 Å². The van der Waals surface area contributed by atoms with E-state index < -0.39 is 22.9 Å². The first kappa shape index (κ1) is 21.5. The van der Waals surface area contributed by atoms with Crippen molar-refractivity contribution in [3.8, 4) is 5.75 Å². The maximum absolute atomic E-state index is 14.5. The fraction of sp³-hybridized carbons (Fsp3) is 0.192. The average Bonchev–Trinajstić information content (AvgIpc) is 3.06. The molecule has 8 heteroatoms.